The number of carbonyl (C=O) groups is 2. The van der Waals surface area contributed by atoms with Gasteiger partial charge < -0.3 is 11.1 Å². The van der Waals surface area contributed by atoms with E-state index in [-0.39, 0.29) is 23.3 Å². The van der Waals surface area contributed by atoms with Gasteiger partial charge in [-0.2, -0.15) is 10.3 Å². The number of nitrogens with two attached hydrogens (primary N) is 1. The smallest absolute Gasteiger partial charge is 0.241 e. The molecule has 2 heterocycles. The number of carbonyl (C=O) groups excluding carboxylic acids is 2. The Hall–Kier alpha value is -2.95. The molecule has 162 valence electrons. The SMILES string of the molecule is CC1(/C(=N\C#N)NC2C3CC4CC2CC(C(N)=O)(C4)C3)CCN(c2ccccn2)C1=O. The van der Waals surface area contributed by atoms with Crippen molar-refractivity contribution in [1.29, 1.82) is 5.26 Å². The standard InChI is InChI=1S/C23H28N6O2/c1-22(5-7-29(21(22)31)17-4-2-3-6-26-17)20(27-13-24)28-18-15-8-14-9-16(18)12-23(10-14,11-15)19(25)30/h2-4,6,14-16,18H,5,7-12H2,1H3,(H2,25,30)(H,27,28). The van der Waals surface area contributed by atoms with Gasteiger partial charge in [0, 0.05) is 24.2 Å². The maximum Gasteiger partial charge on any atom is 0.241 e. The first kappa shape index (κ1) is 20.0. The second-order valence-electron chi connectivity index (χ2n) is 10.1. The van der Waals surface area contributed by atoms with E-state index in [1.807, 2.05) is 31.3 Å². The lowest BCUT2D eigenvalue weighted by atomic mass is 9.47. The van der Waals surface area contributed by atoms with Crippen LogP contribution in [0, 0.1) is 40.0 Å². The molecule has 6 rings (SSSR count). The molecule has 4 saturated carbocycles. The number of primary amides is 1. The van der Waals surface area contributed by atoms with E-state index in [1.165, 1.54) is 0 Å². The molecule has 0 radical (unpaired) electrons. The van der Waals surface area contributed by atoms with Crippen LogP contribution in [0.4, 0.5) is 5.82 Å². The van der Waals surface area contributed by atoms with Crippen LogP contribution >= 0.6 is 0 Å². The Kier molecular flexibility index (Phi) is 4.54. The molecule has 5 aliphatic rings. The molecule has 4 bridgehead atoms. The lowest BCUT2D eigenvalue weighted by molar-refractivity contribution is -0.145. The summed E-state index contributed by atoms with van der Waals surface area (Å²) < 4.78 is 0. The number of hydrogen-bond acceptors (Lipinski definition) is 5. The summed E-state index contributed by atoms with van der Waals surface area (Å²) in [5.74, 6) is 1.98. The summed E-state index contributed by atoms with van der Waals surface area (Å²) in [5, 5.41) is 12.9. The van der Waals surface area contributed by atoms with Crippen molar-refractivity contribution in [2.24, 2.45) is 39.3 Å². The Morgan fingerprint density at radius 3 is 2.68 bits per heavy atom. The first-order valence-electron chi connectivity index (χ1n) is 11.1. The third-order valence-electron chi connectivity index (χ3n) is 8.26. The van der Waals surface area contributed by atoms with Crippen LogP contribution in [0.25, 0.3) is 0 Å². The Bertz CT molecular complexity index is 970. The molecular formula is C23H28N6O2. The second-order valence-corrected chi connectivity index (χ2v) is 10.1. The van der Waals surface area contributed by atoms with Crippen molar-refractivity contribution in [3.8, 4) is 6.19 Å². The lowest BCUT2D eigenvalue weighted by Gasteiger charge is -2.59. The van der Waals surface area contributed by atoms with Crippen LogP contribution in [0.5, 0.6) is 0 Å². The van der Waals surface area contributed by atoms with Gasteiger partial charge in [-0.25, -0.2) is 4.98 Å². The van der Waals surface area contributed by atoms with Crippen LogP contribution < -0.4 is 16.0 Å². The van der Waals surface area contributed by atoms with Crippen LogP contribution in [0.3, 0.4) is 0 Å². The zero-order valence-corrected chi connectivity index (χ0v) is 17.8. The number of nitrogens with one attached hydrogen (secondary N) is 1. The van der Waals surface area contributed by atoms with Gasteiger partial charge in [-0.3, -0.25) is 14.5 Å². The predicted octanol–water partition coefficient (Wildman–Crippen LogP) is 1.97. The van der Waals surface area contributed by atoms with E-state index in [0.29, 0.717) is 42.4 Å². The highest BCUT2D eigenvalue weighted by Gasteiger charge is 2.59. The van der Waals surface area contributed by atoms with Gasteiger partial charge in [0.2, 0.25) is 18.0 Å². The molecule has 5 fully saturated rings. The second kappa shape index (κ2) is 7.04. The molecule has 1 aromatic rings. The maximum absolute atomic E-state index is 13.4. The molecule has 31 heavy (non-hydrogen) atoms. The highest BCUT2D eigenvalue weighted by atomic mass is 16.2. The molecule has 3 atom stereocenters. The van der Waals surface area contributed by atoms with Crippen molar-refractivity contribution in [2.75, 3.05) is 11.4 Å². The van der Waals surface area contributed by atoms with Crippen LogP contribution in [-0.4, -0.2) is 35.2 Å². The van der Waals surface area contributed by atoms with E-state index in [4.69, 9.17) is 5.73 Å². The predicted molar refractivity (Wildman–Crippen MR) is 114 cm³/mol. The number of amidine groups is 1. The fourth-order valence-corrected chi connectivity index (χ4v) is 6.88. The third kappa shape index (κ3) is 3.01. The van der Waals surface area contributed by atoms with Crippen LogP contribution in [0.1, 0.15) is 45.4 Å². The highest BCUT2D eigenvalue weighted by molar-refractivity contribution is 6.15. The molecule has 1 saturated heterocycles. The number of aromatic nitrogens is 1. The van der Waals surface area contributed by atoms with Crippen molar-refractivity contribution < 1.29 is 9.59 Å². The average molecular weight is 421 g/mol. The Balaban J connectivity index is 1.39. The van der Waals surface area contributed by atoms with Crippen molar-refractivity contribution in [3.05, 3.63) is 24.4 Å². The van der Waals surface area contributed by atoms with Crippen molar-refractivity contribution in [2.45, 2.75) is 51.5 Å². The summed E-state index contributed by atoms with van der Waals surface area (Å²) in [4.78, 5) is 35.8. The number of hydrogen-bond donors (Lipinski definition) is 2. The number of anilines is 1. The average Bonchev–Trinajstić information content (AvgIpc) is 3.05. The van der Waals surface area contributed by atoms with E-state index in [2.05, 4.69) is 15.3 Å². The van der Waals surface area contributed by atoms with E-state index in [9.17, 15) is 14.9 Å². The summed E-state index contributed by atoms with van der Waals surface area (Å²) in [5.41, 5.74) is 4.54. The topological polar surface area (TPSA) is 124 Å². The van der Waals surface area contributed by atoms with E-state index in [0.717, 1.165) is 32.1 Å². The number of nitriles is 1. The number of rotatable bonds is 4. The van der Waals surface area contributed by atoms with E-state index >= 15 is 0 Å². The molecule has 2 amide bonds. The van der Waals surface area contributed by atoms with Gasteiger partial charge in [0.1, 0.15) is 17.1 Å². The van der Waals surface area contributed by atoms with Gasteiger partial charge in [0.15, 0.2) is 0 Å². The molecule has 8 nitrogen and oxygen atoms in total. The summed E-state index contributed by atoms with van der Waals surface area (Å²) in [7, 11) is 0. The fourth-order valence-electron chi connectivity index (χ4n) is 6.88. The number of aliphatic imine (C=N–C) groups is 1. The van der Waals surface area contributed by atoms with Crippen molar-refractivity contribution >= 4 is 23.5 Å². The van der Waals surface area contributed by atoms with Gasteiger partial charge in [0.05, 0.1) is 0 Å². The summed E-state index contributed by atoms with van der Waals surface area (Å²) in [6.45, 7) is 2.39. The largest absolute Gasteiger partial charge is 0.369 e. The summed E-state index contributed by atoms with van der Waals surface area (Å²) >= 11 is 0. The third-order valence-corrected chi connectivity index (χ3v) is 8.26. The summed E-state index contributed by atoms with van der Waals surface area (Å²) in [6.07, 6.45) is 8.76. The first-order chi connectivity index (χ1) is 14.9. The zero-order chi connectivity index (χ0) is 21.8. The van der Waals surface area contributed by atoms with Gasteiger partial charge in [-0.1, -0.05) is 6.07 Å². The van der Waals surface area contributed by atoms with Crippen LogP contribution in [0.2, 0.25) is 0 Å². The number of pyridine rings is 1. The molecule has 1 aliphatic heterocycles. The molecule has 3 N–H and O–H groups in total. The summed E-state index contributed by atoms with van der Waals surface area (Å²) in [6, 6.07) is 5.61. The molecule has 1 aromatic heterocycles. The van der Waals surface area contributed by atoms with Gasteiger partial charge >= 0.3 is 0 Å². The fraction of sp³-hybridized carbons (Fsp3) is 0.609. The number of nitrogens with zero attached hydrogens (tertiary/aromatic N) is 4. The minimum atomic E-state index is -0.900. The quantitative estimate of drug-likeness (QED) is 0.438. The molecular weight excluding hydrogens is 392 g/mol. The monoisotopic (exact) mass is 420 g/mol. The maximum atomic E-state index is 13.4. The van der Waals surface area contributed by atoms with Gasteiger partial charge in [0.25, 0.3) is 0 Å². The Labute approximate surface area is 181 Å². The zero-order valence-electron chi connectivity index (χ0n) is 17.8. The Morgan fingerprint density at radius 2 is 2.06 bits per heavy atom. The normalized spacial score (nSPS) is 38.9. The number of amides is 2. The van der Waals surface area contributed by atoms with Gasteiger partial charge in [-0.05, 0) is 75.3 Å². The van der Waals surface area contributed by atoms with Crippen LogP contribution in [-0.2, 0) is 9.59 Å². The molecule has 0 aromatic carbocycles. The van der Waals surface area contributed by atoms with E-state index in [1.54, 1.807) is 11.1 Å². The van der Waals surface area contributed by atoms with Gasteiger partial charge in [-0.15, -0.1) is 0 Å². The van der Waals surface area contributed by atoms with Crippen LogP contribution in [0.15, 0.2) is 29.4 Å². The molecule has 8 heteroatoms. The first-order valence-corrected chi connectivity index (χ1v) is 11.1. The van der Waals surface area contributed by atoms with E-state index < -0.39 is 5.41 Å². The minimum Gasteiger partial charge on any atom is -0.369 e. The van der Waals surface area contributed by atoms with Crippen molar-refractivity contribution in [1.82, 2.24) is 10.3 Å². The van der Waals surface area contributed by atoms with Crippen molar-refractivity contribution in [3.63, 3.8) is 0 Å². The Morgan fingerprint density at radius 1 is 1.32 bits per heavy atom. The highest BCUT2D eigenvalue weighted by Crippen LogP contribution is 2.60. The lowest BCUT2D eigenvalue weighted by Crippen LogP contribution is -2.63. The minimum absolute atomic E-state index is 0.0925. The molecule has 3 unspecified atom stereocenters. The molecule has 0 spiro atoms. The molecule has 4 aliphatic carbocycles.